The van der Waals surface area contributed by atoms with Crippen LogP contribution in [0.4, 0.5) is 0 Å². The Labute approximate surface area is 172 Å². The average molecular weight is 399 g/mol. The van der Waals surface area contributed by atoms with Crippen molar-refractivity contribution in [1.29, 1.82) is 0 Å². The smallest absolute Gasteiger partial charge is 0.0142 e. The fraction of sp³-hybridized carbons (Fsp3) is 0.0769. The fourth-order valence-electron chi connectivity index (χ4n) is 3.73. The van der Waals surface area contributed by atoms with Crippen molar-refractivity contribution in [2.75, 3.05) is 6.16 Å². The van der Waals surface area contributed by atoms with Gasteiger partial charge in [0, 0.05) is 12.0 Å². The molecule has 0 unspecified atom stereocenters. The molecule has 2 heteroatoms. The lowest BCUT2D eigenvalue weighted by molar-refractivity contribution is 0.932. The predicted molar refractivity (Wildman–Crippen MR) is 126 cm³/mol. The molecule has 4 aromatic carbocycles. The van der Waals surface area contributed by atoms with Crippen molar-refractivity contribution in [3.05, 3.63) is 132 Å². The molecular formula is C26H23PS. The van der Waals surface area contributed by atoms with Gasteiger partial charge in [-0.2, -0.15) is 0 Å². The maximum atomic E-state index is 6.52. The maximum absolute atomic E-state index is 6.52. The summed E-state index contributed by atoms with van der Waals surface area (Å²) in [6.07, 6.45) is 0.935. The van der Waals surface area contributed by atoms with Gasteiger partial charge < -0.3 is 0 Å². The molecule has 0 aromatic heterocycles. The minimum atomic E-state index is -1.98. The fourth-order valence-corrected chi connectivity index (χ4v) is 7.87. The van der Waals surface area contributed by atoms with E-state index in [1.54, 1.807) is 0 Å². The van der Waals surface area contributed by atoms with Crippen molar-refractivity contribution >= 4 is 28.5 Å². The highest BCUT2D eigenvalue weighted by atomic mass is 32.4. The lowest BCUT2D eigenvalue weighted by atomic mass is 9.93. The van der Waals surface area contributed by atoms with Gasteiger partial charge in [0.25, 0.3) is 0 Å². The third kappa shape index (κ3) is 4.02. The normalized spacial score (nSPS) is 11.5. The molecular weight excluding hydrogens is 375 g/mol. The second kappa shape index (κ2) is 8.69. The van der Waals surface area contributed by atoms with Gasteiger partial charge in [-0.3, -0.25) is 0 Å². The van der Waals surface area contributed by atoms with Crippen LogP contribution in [0.15, 0.2) is 121 Å². The lowest BCUT2D eigenvalue weighted by Gasteiger charge is -2.29. The van der Waals surface area contributed by atoms with E-state index in [1.807, 2.05) is 0 Å². The highest BCUT2D eigenvalue weighted by Crippen LogP contribution is 2.49. The highest BCUT2D eigenvalue weighted by molar-refractivity contribution is 8.21. The molecule has 0 radical (unpaired) electrons. The van der Waals surface area contributed by atoms with Crippen LogP contribution in [0, 0.1) is 0 Å². The summed E-state index contributed by atoms with van der Waals surface area (Å²) in [6, 6.07) is 41.0. The van der Waals surface area contributed by atoms with Crippen molar-refractivity contribution < 1.29 is 0 Å². The number of rotatable bonds is 6. The number of benzene rings is 4. The van der Waals surface area contributed by atoms with Crippen molar-refractivity contribution in [2.24, 2.45) is 0 Å². The van der Waals surface area contributed by atoms with E-state index in [9.17, 15) is 0 Å². The first-order chi connectivity index (χ1) is 13.8. The molecule has 0 aliphatic heterocycles. The number of hydrogen-bond acceptors (Lipinski definition) is 1. The van der Waals surface area contributed by atoms with Gasteiger partial charge in [0.15, 0.2) is 0 Å². The summed E-state index contributed by atoms with van der Waals surface area (Å²) in [5, 5.41) is 2.57. The summed E-state index contributed by atoms with van der Waals surface area (Å²) in [5.41, 5.74) is 2.66. The third-order valence-electron chi connectivity index (χ3n) is 5.19. The van der Waals surface area contributed by atoms with E-state index in [1.165, 1.54) is 21.7 Å². The molecule has 0 saturated heterocycles. The molecule has 0 amide bonds. The molecule has 4 aromatic rings. The van der Waals surface area contributed by atoms with Crippen LogP contribution in [-0.2, 0) is 11.8 Å². The first-order valence-corrected chi connectivity index (χ1v) is 12.6. The molecule has 0 bridgehead atoms. The van der Waals surface area contributed by atoms with Crippen LogP contribution >= 0.6 is 6.04 Å². The van der Waals surface area contributed by atoms with Crippen LogP contribution in [0.25, 0.3) is 0 Å². The minimum absolute atomic E-state index is 0.272. The molecule has 0 N–H and O–H groups in total. The van der Waals surface area contributed by atoms with E-state index in [2.05, 4.69) is 121 Å². The summed E-state index contributed by atoms with van der Waals surface area (Å²) in [6.45, 7) is 0. The Morgan fingerprint density at radius 3 is 1.18 bits per heavy atom. The Bertz CT molecular complexity index is 962. The molecule has 0 fully saturated rings. The second-order valence-corrected chi connectivity index (χ2v) is 11.7. The van der Waals surface area contributed by atoms with Gasteiger partial charge in [0.05, 0.1) is 0 Å². The van der Waals surface area contributed by atoms with E-state index >= 15 is 0 Å². The molecule has 0 saturated carbocycles. The zero-order valence-electron chi connectivity index (χ0n) is 15.7. The van der Waals surface area contributed by atoms with E-state index in [-0.39, 0.29) is 5.92 Å². The van der Waals surface area contributed by atoms with Gasteiger partial charge in [-0.15, -0.1) is 0 Å². The predicted octanol–water partition coefficient (Wildman–Crippen LogP) is 5.95. The van der Waals surface area contributed by atoms with Crippen molar-refractivity contribution in [1.82, 2.24) is 0 Å². The quantitative estimate of drug-likeness (QED) is 0.362. The topological polar surface area (TPSA) is 0 Å². The molecule has 0 nitrogen and oxygen atoms in total. The van der Waals surface area contributed by atoms with Crippen molar-refractivity contribution in [2.45, 2.75) is 5.92 Å². The Balaban J connectivity index is 1.85. The van der Waals surface area contributed by atoms with Gasteiger partial charge in [0.1, 0.15) is 0 Å². The molecule has 0 heterocycles. The van der Waals surface area contributed by atoms with Crippen LogP contribution in [0.3, 0.4) is 0 Å². The number of hydrogen-bond donors (Lipinski definition) is 0. The van der Waals surface area contributed by atoms with Gasteiger partial charge in [0.2, 0.25) is 0 Å². The molecule has 0 aliphatic carbocycles. The molecule has 0 aliphatic rings. The van der Waals surface area contributed by atoms with Crippen molar-refractivity contribution in [3.8, 4) is 0 Å². The summed E-state index contributed by atoms with van der Waals surface area (Å²) >= 11 is 6.52. The van der Waals surface area contributed by atoms with Crippen LogP contribution in [-0.4, -0.2) is 6.16 Å². The Morgan fingerprint density at radius 1 is 0.500 bits per heavy atom. The van der Waals surface area contributed by atoms with Crippen LogP contribution in [0.2, 0.25) is 0 Å². The molecule has 0 atom stereocenters. The monoisotopic (exact) mass is 398 g/mol. The molecule has 4 rings (SSSR count). The standard InChI is InChI=1S/C26H23PS/c28-27(24-17-9-3-10-18-24,25-19-11-4-12-20-25)21-26(22-13-5-1-6-14-22)23-15-7-2-8-16-23/h1-20,26H,21H2. The van der Waals surface area contributed by atoms with Crippen LogP contribution in [0.1, 0.15) is 17.0 Å². The van der Waals surface area contributed by atoms with Crippen molar-refractivity contribution in [3.63, 3.8) is 0 Å². The first kappa shape index (κ1) is 18.9. The molecule has 0 spiro atoms. The summed E-state index contributed by atoms with van der Waals surface area (Å²) in [5.74, 6) is 0.272. The van der Waals surface area contributed by atoms with Gasteiger partial charge in [-0.25, -0.2) is 0 Å². The van der Waals surface area contributed by atoms with Crippen LogP contribution in [0.5, 0.6) is 0 Å². The maximum Gasteiger partial charge on any atom is 0.0142 e. The average Bonchev–Trinajstić information content (AvgIpc) is 2.80. The minimum Gasteiger partial charge on any atom is -0.0876 e. The summed E-state index contributed by atoms with van der Waals surface area (Å²) in [4.78, 5) is 0. The van der Waals surface area contributed by atoms with Crippen LogP contribution < -0.4 is 10.6 Å². The Hall–Kier alpha value is -2.47. The Morgan fingerprint density at radius 2 is 0.821 bits per heavy atom. The zero-order chi connectivity index (χ0) is 19.2. The van der Waals surface area contributed by atoms with E-state index in [0.29, 0.717) is 0 Å². The summed E-state index contributed by atoms with van der Waals surface area (Å²) < 4.78 is 0. The van der Waals surface area contributed by atoms with E-state index in [4.69, 9.17) is 11.8 Å². The Kier molecular flexibility index (Phi) is 5.86. The lowest BCUT2D eigenvalue weighted by Crippen LogP contribution is -2.22. The third-order valence-corrected chi connectivity index (χ3v) is 10.0. The highest BCUT2D eigenvalue weighted by Gasteiger charge is 2.28. The molecule has 138 valence electrons. The molecule has 28 heavy (non-hydrogen) atoms. The van der Waals surface area contributed by atoms with Gasteiger partial charge in [-0.1, -0.05) is 133 Å². The van der Waals surface area contributed by atoms with E-state index < -0.39 is 6.04 Å². The SMILES string of the molecule is S=P(CC(c1ccccc1)c1ccccc1)(c1ccccc1)c1ccccc1. The first-order valence-electron chi connectivity index (χ1n) is 9.57. The van der Waals surface area contributed by atoms with E-state index in [0.717, 1.165) is 6.16 Å². The van der Waals surface area contributed by atoms with Gasteiger partial charge in [-0.05, 0) is 27.9 Å². The zero-order valence-corrected chi connectivity index (χ0v) is 17.4. The largest absolute Gasteiger partial charge is 0.0876 e. The second-order valence-electron chi connectivity index (χ2n) is 6.97. The van der Waals surface area contributed by atoms with Gasteiger partial charge >= 0.3 is 0 Å². The summed E-state index contributed by atoms with van der Waals surface area (Å²) in [7, 11) is 0.